The minimum atomic E-state index is -0.489. The van der Waals surface area contributed by atoms with Crippen molar-refractivity contribution in [1.82, 2.24) is 14.9 Å². The topological polar surface area (TPSA) is 58.2 Å². The van der Waals surface area contributed by atoms with Crippen LogP contribution in [0.3, 0.4) is 0 Å². The summed E-state index contributed by atoms with van der Waals surface area (Å²) in [6, 6.07) is 0. The highest BCUT2D eigenvalue weighted by molar-refractivity contribution is 7.80. The van der Waals surface area contributed by atoms with Gasteiger partial charge in [-0.05, 0) is 40.5 Å². The van der Waals surface area contributed by atoms with E-state index in [1.807, 2.05) is 27.7 Å². The number of hydrogen-bond acceptors (Lipinski definition) is 4. The number of ether oxygens (including phenoxy) is 1. The molecule has 2 unspecified atom stereocenters. The maximum Gasteiger partial charge on any atom is 0.410 e. The van der Waals surface area contributed by atoms with Gasteiger partial charge in [0.15, 0.2) is 0 Å². The second-order valence-corrected chi connectivity index (χ2v) is 6.99. The summed E-state index contributed by atoms with van der Waals surface area (Å²) >= 11 is 4.69. The van der Waals surface area contributed by atoms with Gasteiger partial charge in [0.05, 0.1) is 10.8 Å². The number of aromatic amines is 1. The maximum absolute atomic E-state index is 12.4. The van der Waals surface area contributed by atoms with E-state index in [2.05, 4.69) is 22.6 Å². The molecule has 0 saturated carbocycles. The van der Waals surface area contributed by atoms with Gasteiger partial charge in [0.2, 0.25) is 0 Å². The Kier molecular flexibility index (Phi) is 4.04. The SMILES string of the molecule is CC(C)(C)OC(=O)N1CCCC1(C)C(S)c1ncc[nH]1. The molecule has 1 fully saturated rings. The Labute approximate surface area is 125 Å². The first-order chi connectivity index (χ1) is 9.24. The van der Waals surface area contributed by atoms with Crippen molar-refractivity contribution in [3.63, 3.8) is 0 Å². The number of nitrogens with zero attached hydrogens (tertiary/aromatic N) is 2. The normalized spacial score (nSPS) is 24.8. The van der Waals surface area contributed by atoms with Crippen molar-refractivity contribution in [2.75, 3.05) is 6.54 Å². The minimum Gasteiger partial charge on any atom is -0.444 e. The highest BCUT2D eigenvalue weighted by Gasteiger charge is 2.47. The van der Waals surface area contributed by atoms with Crippen LogP contribution in [0.1, 0.15) is 51.6 Å². The molecule has 0 aromatic carbocycles. The van der Waals surface area contributed by atoms with Crippen LogP contribution in [0, 0.1) is 0 Å². The van der Waals surface area contributed by atoms with Gasteiger partial charge in [0.1, 0.15) is 11.4 Å². The van der Waals surface area contributed by atoms with E-state index >= 15 is 0 Å². The lowest BCUT2D eigenvalue weighted by Gasteiger charge is -2.39. The Balaban J connectivity index is 2.19. The van der Waals surface area contributed by atoms with Gasteiger partial charge in [-0.2, -0.15) is 12.6 Å². The molecule has 1 amide bonds. The van der Waals surface area contributed by atoms with E-state index in [0.717, 1.165) is 18.7 Å². The summed E-state index contributed by atoms with van der Waals surface area (Å²) in [6.45, 7) is 8.38. The number of likely N-dealkylation sites (tertiary alicyclic amines) is 1. The van der Waals surface area contributed by atoms with E-state index < -0.39 is 5.60 Å². The van der Waals surface area contributed by atoms with E-state index in [-0.39, 0.29) is 16.9 Å². The zero-order valence-corrected chi connectivity index (χ0v) is 13.4. The third-order valence-corrected chi connectivity index (χ3v) is 4.46. The predicted octanol–water partition coefficient (Wildman–Crippen LogP) is 3.17. The number of carbonyl (C=O) groups excluding carboxylic acids is 1. The molecule has 5 nitrogen and oxygen atoms in total. The van der Waals surface area contributed by atoms with Crippen molar-refractivity contribution in [1.29, 1.82) is 0 Å². The molecular formula is C14H23N3O2S. The van der Waals surface area contributed by atoms with Gasteiger partial charge in [-0.3, -0.25) is 0 Å². The van der Waals surface area contributed by atoms with Crippen molar-refractivity contribution < 1.29 is 9.53 Å². The molecule has 1 aromatic rings. The molecule has 0 bridgehead atoms. The van der Waals surface area contributed by atoms with Gasteiger partial charge < -0.3 is 14.6 Å². The van der Waals surface area contributed by atoms with Gasteiger partial charge in [0, 0.05) is 18.9 Å². The monoisotopic (exact) mass is 297 g/mol. The van der Waals surface area contributed by atoms with E-state index in [1.165, 1.54) is 0 Å². The third-order valence-electron chi connectivity index (χ3n) is 3.66. The number of nitrogens with one attached hydrogen (secondary N) is 1. The first-order valence-electron chi connectivity index (χ1n) is 6.92. The summed E-state index contributed by atoms with van der Waals surface area (Å²) < 4.78 is 5.51. The van der Waals surface area contributed by atoms with Crippen LogP contribution in [0.15, 0.2) is 12.4 Å². The molecule has 2 heterocycles. The summed E-state index contributed by atoms with van der Waals surface area (Å²) in [7, 11) is 0. The Morgan fingerprint density at radius 1 is 1.60 bits per heavy atom. The lowest BCUT2D eigenvalue weighted by atomic mass is 9.93. The molecule has 6 heteroatoms. The Morgan fingerprint density at radius 2 is 2.30 bits per heavy atom. The molecule has 1 N–H and O–H groups in total. The van der Waals surface area contributed by atoms with Crippen molar-refractivity contribution in [2.24, 2.45) is 0 Å². The Hall–Kier alpha value is -1.17. The molecule has 0 radical (unpaired) electrons. The number of H-pyrrole nitrogens is 1. The summed E-state index contributed by atoms with van der Waals surface area (Å²) in [5, 5.41) is -0.160. The molecule has 20 heavy (non-hydrogen) atoms. The molecule has 112 valence electrons. The quantitative estimate of drug-likeness (QED) is 0.824. The van der Waals surface area contributed by atoms with Crippen LogP contribution in [0.25, 0.3) is 0 Å². The number of carbonyl (C=O) groups is 1. The minimum absolute atomic E-state index is 0.160. The molecule has 1 aromatic heterocycles. The lowest BCUT2D eigenvalue weighted by Crippen LogP contribution is -2.49. The molecule has 2 atom stereocenters. The number of hydrogen-bond donors (Lipinski definition) is 2. The number of rotatable bonds is 2. The molecule has 0 aliphatic carbocycles. The zero-order chi connectivity index (χ0) is 15.0. The largest absolute Gasteiger partial charge is 0.444 e. The summed E-state index contributed by atoms with van der Waals surface area (Å²) in [5.41, 5.74) is -0.874. The van der Waals surface area contributed by atoms with Gasteiger partial charge >= 0.3 is 6.09 Å². The third kappa shape index (κ3) is 2.95. The standard InChI is InChI=1S/C14H23N3O2S/c1-13(2,3)19-12(18)17-9-5-6-14(17,4)10(20)11-15-7-8-16-11/h7-8,10,20H,5-6,9H2,1-4H3,(H,15,16). The number of imidazole rings is 1. The summed E-state index contributed by atoms with van der Waals surface area (Å²) in [4.78, 5) is 21.5. The van der Waals surface area contributed by atoms with Crippen LogP contribution in [-0.2, 0) is 4.74 Å². The molecule has 1 saturated heterocycles. The van der Waals surface area contributed by atoms with Crippen molar-refractivity contribution in [3.05, 3.63) is 18.2 Å². The molecule has 1 aliphatic heterocycles. The van der Waals surface area contributed by atoms with Crippen LogP contribution >= 0.6 is 12.6 Å². The average molecular weight is 297 g/mol. The van der Waals surface area contributed by atoms with E-state index in [1.54, 1.807) is 17.3 Å². The highest BCUT2D eigenvalue weighted by atomic mass is 32.1. The van der Waals surface area contributed by atoms with Crippen molar-refractivity contribution in [2.45, 2.75) is 56.9 Å². The molecule has 2 rings (SSSR count). The zero-order valence-electron chi connectivity index (χ0n) is 12.5. The maximum atomic E-state index is 12.4. The fraction of sp³-hybridized carbons (Fsp3) is 0.714. The summed E-state index contributed by atoms with van der Waals surface area (Å²) in [5.74, 6) is 0.784. The summed E-state index contributed by atoms with van der Waals surface area (Å²) in [6.07, 6.45) is 5.04. The number of amides is 1. The molecule has 0 spiro atoms. The van der Waals surface area contributed by atoms with Gasteiger partial charge in [-0.25, -0.2) is 9.78 Å². The first-order valence-corrected chi connectivity index (χ1v) is 7.44. The Bertz CT molecular complexity index is 469. The molecule has 1 aliphatic rings. The van der Waals surface area contributed by atoms with Crippen molar-refractivity contribution in [3.8, 4) is 0 Å². The van der Waals surface area contributed by atoms with Crippen LogP contribution in [0.5, 0.6) is 0 Å². The van der Waals surface area contributed by atoms with Crippen LogP contribution in [0.2, 0.25) is 0 Å². The predicted molar refractivity (Wildman–Crippen MR) is 80.9 cm³/mol. The van der Waals surface area contributed by atoms with Gasteiger partial charge in [0.25, 0.3) is 0 Å². The second-order valence-electron chi connectivity index (χ2n) is 6.47. The molecular weight excluding hydrogens is 274 g/mol. The van der Waals surface area contributed by atoms with E-state index in [4.69, 9.17) is 4.74 Å². The van der Waals surface area contributed by atoms with Gasteiger partial charge in [-0.15, -0.1) is 0 Å². The number of aromatic nitrogens is 2. The number of thiol groups is 1. The Morgan fingerprint density at radius 3 is 2.85 bits per heavy atom. The lowest BCUT2D eigenvalue weighted by molar-refractivity contribution is 0.0101. The first kappa shape index (κ1) is 15.2. The van der Waals surface area contributed by atoms with Crippen LogP contribution < -0.4 is 0 Å². The highest BCUT2D eigenvalue weighted by Crippen LogP contribution is 2.42. The van der Waals surface area contributed by atoms with Crippen LogP contribution in [0.4, 0.5) is 4.79 Å². The van der Waals surface area contributed by atoms with Crippen molar-refractivity contribution >= 4 is 18.7 Å². The second kappa shape index (κ2) is 5.31. The fourth-order valence-electron chi connectivity index (χ4n) is 2.61. The van der Waals surface area contributed by atoms with E-state index in [0.29, 0.717) is 6.54 Å². The average Bonchev–Trinajstić information content (AvgIpc) is 2.94. The van der Waals surface area contributed by atoms with E-state index in [9.17, 15) is 4.79 Å². The fourth-order valence-corrected chi connectivity index (χ4v) is 3.02. The van der Waals surface area contributed by atoms with Crippen LogP contribution in [-0.4, -0.2) is 38.6 Å². The van der Waals surface area contributed by atoms with Gasteiger partial charge in [-0.1, -0.05) is 0 Å². The smallest absolute Gasteiger partial charge is 0.410 e.